The number of aromatic nitrogens is 2. The van der Waals surface area contributed by atoms with E-state index in [1.165, 1.54) is 30.6 Å². The number of fused-ring (bicyclic) bond motifs is 1. The monoisotopic (exact) mass is 262 g/mol. The lowest BCUT2D eigenvalue weighted by atomic mass is 10.2. The van der Waals surface area contributed by atoms with Gasteiger partial charge in [-0.05, 0) is 25.3 Å². The molecule has 4 nitrogen and oxygen atoms in total. The number of hydrogen-bond donors (Lipinski definition) is 2. The Balaban J connectivity index is 2.00. The minimum absolute atomic E-state index is 0.368. The smallest absolute Gasteiger partial charge is 0.223 e. The summed E-state index contributed by atoms with van der Waals surface area (Å²) in [5, 5.41) is 4.66. The van der Waals surface area contributed by atoms with E-state index in [1.54, 1.807) is 11.3 Å². The highest BCUT2D eigenvalue weighted by Crippen LogP contribution is 2.31. The SMILES string of the molecule is CCc1cc2c(NC3CCCC3)nc(N)nc2s1. The molecule has 0 aromatic carbocycles. The van der Waals surface area contributed by atoms with E-state index in [4.69, 9.17) is 5.73 Å². The summed E-state index contributed by atoms with van der Waals surface area (Å²) in [4.78, 5) is 11.0. The Labute approximate surface area is 111 Å². The average molecular weight is 262 g/mol. The molecule has 3 N–H and O–H groups in total. The summed E-state index contributed by atoms with van der Waals surface area (Å²) in [5.74, 6) is 1.29. The molecule has 0 unspecified atom stereocenters. The predicted molar refractivity (Wildman–Crippen MR) is 77.1 cm³/mol. The first-order chi connectivity index (χ1) is 8.76. The van der Waals surface area contributed by atoms with Gasteiger partial charge >= 0.3 is 0 Å². The van der Waals surface area contributed by atoms with E-state index in [0.29, 0.717) is 12.0 Å². The fourth-order valence-corrected chi connectivity index (χ4v) is 3.51. The quantitative estimate of drug-likeness (QED) is 0.891. The normalized spacial score (nSPS) is 16.5. The van der Waals surface area contributed by atoms with Crippen LogP contribution < -0.4 is 11.1 Å². The fourth-order valence-electron chi connectivity index (χ4n) is 2.54. The van der Waals surface area contributed by atoms with Gasteiger partial charge in [-0.1, -0.05) is 19.8 Å². The van der Waals surface area contributed by atoms with Crippen LogP contribution in [0.5, 0.6) is 0 Å². The van der Waals surface area contributed by atoms with E-state index in [9.17, 15) is 0 Å². The molecule has 0 atom stereocenters. The topological polar surface area (TPSA) is 63.8 Å². The van der Waals surface area contributed by atoms with Crippen molar-refractivity contribution in [3.63, 3.8) is 0 Å². The zero-order valence-electron chi connectivity index (χ0n) is 10.6. The van der Waals surface area contributed by atoms with Crippen molar-refractivity contribution in [1.29, 1.82) is 0 Å². The van der Waals surface area contributed by atoms with Crippen LogP contribution in [0.4, 0.5) is 11.8 Å². The molecule has 1 saturated carbocycles. The number of aryl methyl sites for hydroxylation is 1. The predicted octanol–water partition coefficient (Wildman–Crippen LogP) is 3.19. The molecule has 1 aliphatic rings. The number of nitrogens with zero attached hydrogens (tertiary/aromatic N) is 2. The molecular weight excluding hydrogens is 244 g/mol. The first kappa shape index (κ1) is 11.7. The Morgan fingerprint density at radius 3 is 2.89 bits per heavy atom. The first-order valence-corrected chi connectivity index (χ1v) is 7.40. The van der Waals surface area contributed by atoms with Crippen molar-refractivity contribution in [1.82, 2.24) is 9.97 Å². The van der Waals surface area contributed by atoms with Crippen LogP contribution in [0.2, 0.25) is 0 Å². The maximum Gasteiger partial charge on any atom is 0.223 e. The molecule has 96 valence electrons. The molecule has 0 bridgehead atoms. The van der Waals surface area contributed by atoms with Crippen LogP contribution in [0.3, 0.4) is 0 Å². The fraction of sp³-hybridized carbons (Fsp3) is 0.538. The molecule has 2 aromatic rings. The second-order valence-corrected chi connectivity index (χ2v) is 5.96. The maximum absolute atomic E-state index is 5.79. The van der Waals surface area contributed by atoms with Crippen LogP contribution in [0.25, 0.3) is 10.2 Å². The Kier molecular flexibility index (Phi) is 3.07. The van der Waals surface area contributed by atoms with Gasteiger partial charge < -0.3 is 11.1 Å². The van der Waals surface area contributed by atoms with Gasteiger partial charge in [0.1, 0.15) is 10.6 Å². The highest BCUT2D eigenvalue weighted by Gasteiger charge is 2.17. The van der Waals surface area contributed by atoms with Gasteiger partial charge in [0.25, 0.3) is 0 Å². The van der Waals surface area contributed by atoms with E-state index in [1.807, 2.05) is 0 Å². The largest absolute Gasteiger partial charge is 0.368 e. The minimum Gasteiger partial charge on any atom is -0.368 e. The first-order valence-electron chi connectivity index (χ1n) is 6.58. The molecule has 2 aromatic heterocycles. The summed E-state index contributed by atoms with van der Waals surface area (Å²) in [6.45, 7) is 2.16. The van der Waals surface area contributed by atoms with Crippen molar-refractivity contribution in [2.75, 3.05) is 11.1 Å². The zero-order valence-corrected chi connectivity index (χ0v) is 11.4. The minimum atomic E-state index is 0.368. The van der Waals surface area contributed by atoms with Gasteiger partial charge in [-0.15, -0.1) is 11.3 Å². The summed E-state index contributed by atoms with van der Waals surface area (Å²) in [6, 6.07) is 2.74. The Morgan fingerprint density at radius 2 is 2.17 bits per heavy atom. The lowest BCUT2D eigenvalue weighted by molar-refractivity contribution is 0.752. The summed E-state index contributed by atoms with van der Waals surface area (Å²) in [5.41, 5.74) is 5.79. The molecule has 0 aliphatic heterocycles. The molecule has 0 amide bonds. The summed E-state index contributed by atoms with van der Waals surface area (Å²) < 4.78 is 0. The second kappa shape index (κ2) is 4.72. The highest BCUT2D eigenvalue weighted by molar-refractivity contribution is 7.18. The van der Waals surface area contributed by atoms with Crippen molar-refractivity contribution in [2.45, 2.75) is 45.1 Å². The number of rotatable bonds is 3. The number of nitrogens with two attached hydrogens (primary N) is 1. The molecule has 0 radical (unpaired) electrons. The number of anilines is 2. The van der Waals surface area contributed by atoms with Crippen molar-refractivity contribution < 1.29 is 0 Å². The Morgan fingerprint density at radius 1 is 1.39 bits per heavy atom. The molecular formula is C13H18N4S. The van der Waals surface area contributed by atoms with Crippen molar-refractivity contribution in [2.24, 2.45) is 0 Å². The maximum atomic E-state index is 5.79. The summed E-state index contributed by atoms with van der Waals surface area (Å²) in [6.07, 6.45) is 6.12. The van der Waals surface area contributed by atoms with Crippen molar-refractivity contribution >= 4 is 33.3 Å². The second-order valence-electron chi connectivity index (χ2n) is 4.84. The van der Waals surface area contributed by atoms with Gasteiger partial charge in [0.2, 0.25) is 5.95 Å². The van der Waals surface area contributed by atoms with Crippen LogP contribution in [-0.2, 0) is 6.42 Å². The van der Waals surface area contributed by atoms with E-state index >= 15 is 0 Å². The number of nitrogens with one attached hydrogen (secondary N) is 1. The Hall–Kier alpha value is -1.36. The van der Waals surface area contributed by atoms with Crippen molar-refractivity contribution in [3.8, 4) is 0 Å². The third kappa shape index (κ3) is 2.14. The molecule has 1 aliphatic carbocycles. The van der Waals surface area contributed by atoms with E-state index in [2.05, 4.69) is 28.3 Å². The van der Waals surface area contributed by atoms with Gasteiger partial charge in [-0.25, -0.2) is 4.98 Å². The van der Waals surface area contributed by atoms with Crippen LogP contribution in [0.15, 0.2) is 6.07 Å². The van der Waals surface area contributed by atoms with Crippen LogP contribution in [0, 0.1) is 0 Å². The molecule has 3 rings (SSSR count). The van der Waals surface area contributed by atoms with Crippen LogP contribution in [0.1, 0.15) is 37.5 Å². The third-order valence-corrected chi connectivity index (χ3v) is 4.68. The molecule has 1 fully saturated rings. The van der Waals surface area contributed by atoms with Gasteiger partial charge in [0.15, 0.2) is 0 Å². The molecule has 18 heavy (non-hydrogen) atoms. The van der Waals surface area contributed by atoms with Gasteiger partial charge in [-0.2, -0.15) is 4.98 Å². The van der Waals surface area contributed by atoms with E-state index < -0.39 is 0 Å². The standard InChI is InChI=1S/C13H18N4S/c1-2-9-7-10-11(15-8-5-3-4-6-8)16-13(14)17-12(10)18-9/h7-8H,2-6H2,1H3,(H3,14,15,16,17). The van der Waals surface area contributed by atoms with Gasteiger partial charge in [-0.3, -0.25) is 0 Å². The van der Waals surface area contributed by atoms with Gasteiger partial charge in [0.05, 0.1) is 5.39 Å². The Bertz CT molecular complexity index is 557. The summed E-state index contributed by atoms with van der Waals surface area (Å²) in [7, 11) is 0. The molecule has 0 saturated heterocycles. The molecule has 5 heteroatoms. The van der Waals surface area contributed by atoms with E-state index in [-0.39, 0.29) is 0 Å². The average Bonchev–Trinajstić information content (AvgIpc) is 2.97. The van der Waals surface area contributed by atoms with Crippen molar-refractivity contribution in [3.05, 3.63) is 10.9 Å². The van der Waals surface area contributed by atoms with Crippen LogP contribution in [-0.4, -0.2) is 16.0 Å². The third-order valence-electron chi connectivity index (χ3n) is 3.51. The lowest BCUT2D eigenvalue weighted by Gasteiger charge is -2.13. The highest BCUT2D eigenvalue weighted by atomic mass is 32.1. The molecule has 2 heterocycles. The number of thiophene rings is 1. The van der Waals surface area contributed by atoms with Crippen LogP contribution >= 0.6 is 11.3 Å². The van der Waals surface area contributed by atoms with E-state index in [0.717, 1.165) is 22.5 Å². The lowest BCUT2D eigenvalue weighted by Crippen LogP contribution is -2.16. The molecule has 0 spiro atoms. The summed E-state index contributed by atoms with van der Waals surface area (Å²) >= 11 is 1.71. The zero-order chi connectivity index (χ0) is 12.5. The number of hydrogen-bond acceptors (Lipinski definition) is 5. The van der Waals surface area contributed by atoms with Gasteiger partial charge in [0, 0.05) is 10.9 Å². The number of nitrogen functional groups attached to an aromatic ring is 1.